The van der Waals surface area contributed by atoms with Gasteiger partial charge >= 0.3 is 21.0 Å². The first-order valence-electron chi connectivity index (χ1n) is 4.23. The molecule has 0 radical (unpaired) electrons. The molecule has 0 aromatic heterocycles. The van der Waals surface area contributed by atoms with Crippen LogP contribution in [0.4, 0.5) is 0 Å². The van der Waals surface area contributed by atoms with Crippen LogP contribution in [0.5, 0.6) is 0 Å². The van der Waals surface area contributed by atoms with Crippen molar-refractivity contribution in [2.24, 2.45) is 0 Å². The van der Waals surface area contributed by atoms with Crippen molar-refractivity contribution in [1.82, 2.24) is 0 Å². The third-order valence-corrected chi connectivity index (χ3v) is 1.02. The Bertz CT molecular complexity index is 51.9. The van der Waals surface area contributed by atoms with Crippen LogP contribution in [0.1, 0.15) is 39.5 Å². The predicted molar refractivity (Wildman–Crippen MR) is 44.7 cm³/mol. The second-order valence-electron chi connectivity index (χ2n) is 2.15. The first-order valence-corrected chi connectivity index (χ1v) is 4.80. The van der Waals surface area contributed by atoms with Crippen LogP contribution in [0.25, 0.3) is 0 Å². The molecule has 6 heteroatoms. The Morgan fingerprint density at radius 2 is 1.07 bits per heavy atom. The average Bonchev–Trinajstić information content (AvgIpc) is 2.12. The molecule has 0 bridgehead atoms. The Balaban J connectivity index is -0.0000000292. The fourth-order valence-electron chi connectivity index (χ4n) is 0.316. The van der Waals surface area contributed by atoms with Gasteiger partial charge in [-0.05, 0) is 12.8 Å². The van der Waals surface area contributed by atoms with Gasteiger partial charge in [-0.15, -0.1) is 0 Å². The zero-order valence-electron chi connectivity index (χ0n) is 8.75. The van der Waals surface area contributed by atoms with Gasteiger partial charge < -0.3 is 35.0 Å². The summed E-state index contributed by atoms with van der Waals surface area (Å²) in [5, 5.41) is 16.1. The second kappa shape index (κ2) is 48.6. The molecule has 0 unspecified atom stereocenters. The van der Waals surface area contributed by atoms with Gasteiger partial charge in [0.1, 0.15) is 0 Å². The molecule has 89 valence electrons. The van der Waals surface area contributed by atoms with Gasteiger partial charge in [0.05, 0.1) is 0 Å². The van der Waals surface area contributed by atoms with Crippen molar-refractivity contribution in [3.05, 3.63) is 0 Å². The molecule has 0 aliphatic heterocycles. The van der Waals surface area contributed by atoms with E-state index in [1.165, 1.54) is 0 Å². The number of hydrogen-bond donors (Lipinski definition) is 2. The molecule has 0 aliphatic carbocycles. The third kappa shape index (κ3) is 76.3. The Morgan fingerprint density at radius 1 is 0.857 bits per heavy atom. The third-order valence-electron chi connectivity index (χ3n) is 1.02. The SMILES string of the molecule is CCCCO.CCCCO.[Cl-].[Cl-].[O]=[V+2]. The normalized spacial score (nSPS) is 6.43. The fraction of sp³-hybridized carbons (Fsp3) is 1.00. The maximum absolute atomic E-state index is 8.19. The number of unbranched alkanes of at least 4 members (excludes halogenated alkanes) is 2. The van der Waals surface area contributed by atoms with E-state index in [1.807, 2.05) is 0 Å². The maximum atomic E-state index is 8.19. The van der Waals surface area contributed by atoms with Gasteiger partial charge in [-0.2, -0.15) is 0 Å². The van der Waals surface area contributed by atoms with Crippen LogP contribution in [-0.4, -0.2) is 23.4 Å². The van der Waals surface area contributed by atoms with E-state index in [0.717, 1.165) is 43.1 Å². The zero-order chi connectivity index (χ0) is 10.2. The van der Waals surface area contributed by atoms with E-state index in [4.69, 9.17) is 13.9 Å². The monoisotopic (exact) mass is 285 g/mol. The van der Waals surface area contributed by atoms with Crippen molar-refractivity contribution < 1.29 is 56.1 Å². The van der Waals surface area contributed by atoms with Gasteiger partial charge in [-0.25, -0.2) is 0 Å². The summed E-state index contributed by atoms with van der Waals surface area (Å²) in [5.41, 5.74) is 0. The van der Waals surface area contributed by atoms with Crippen LogP contribution in [0.2, 0.25) is 0 Å². The molecule has 0 heterocycles. The minimum absolute atomic E-state index is 0. The van der Waals surface area contributed by atoms with Crippen LogP contribution in [-0.2, 0) is 21.0 Å². The molecular formula is C8H20Cl2O3V. The number of aliphatic hydroxyl groups excluding tert-OH is 2. The standard InChI is InChI=1S/2C4H10O.2ClH.O.V/c2*1-2-3-4-5;;;;/h2*5H,2-4H2,1H3;2*1H;;/q;;;;;+2/p-2. The van der Waals surface area contributed by atoms with Crippen molar-refractivity contribution in [2.75, 3.05) is 13.2 Å². The zero-order valence-corrected chi connectivity index (χ0v) is 11.7. The summed E-state index contributed by atoms with van der Waals surface area (Å²) in [7, 11) is 0. The molecule has 0 saturated heterocycles. The van der Waals surface area contributed by atoms with Gasteiger partial charge in [0.15, 0.2) is 0 Å². The van der Waals surface area contributed by atoms with E-state index >= 15 is 0 Å². The van der Waals surface area contributed by atoms with Crippen molar-refractivity contribution in [3.8, 4) is 0 Å². The number of aliphatic hydroxyl groups is 2. The topological polar surface area (TPSA) is 57.5 Å². The van der Waals surface area contributed by atoms with Crippen molar-refractivity contribution in [1.29, 1.82) is 0 Å². The molecule has 0 aliphatic rings. The second-order valence-corrected chi connectivity index (χ2v) is 2.15. The number of halogens is 2. The molecule has 0 atom stereocenters. The summed E-state index contributed by atoms with van der Waals surface area (Å²) in [5.74, 6) is 0. The minimum atomic E-state index is 0. The van der Waals surface area contributed by atoms with Crippen molar-refractivity contribution in [2.45, 2.75) is 39.5 Å². The average molecular weight is 286 g/mol. The molecule has 3 nitrogen and oxygen atoms in total. The number of hydrogen-bond acceptors (Lipinski definition) is 3. The van der Waals surface area contributed by atoms with Crippen molar-refractivity contribution >= 4 is 0 Å². The first kappa shape index (κ1) is 29.4. The Kier molecular flexibility index (Phi) is 102. The fourth-order valence-corrected chi connectivity index (χ4v) is 0.316. The predicted octanol–water partition coefficient (Wildman–Crippen LogP) is -4.56. The summed E-state index contributed by atoms with van der Waals surface area (Å²) in [4.78, 5) is 0. The molecule has 0 amide bonds. The molecule has 0 aromatic carbocycles. The van der Waals surface area contributed by atoms with Gasteiger partial charge in [0.25, 0.3) is 0 Å². The van der Waals surface area contributed by atoms with E-state index in [0.29, 0.717) is 13.2 Å². The summed E-state index contributed by atoms with van der Waals surface area (Å²) in [6, 6.07) is 0. The van der Waals surface area contributed by atoms with E-state index in [-0.39, 0.29) is 24.8 Å². The molecule has 0 fully saturated rings. The molecule has 2 N–H and O–H groups in total. The van der Waals surface area contributed by atoms with Crippen molar-refractivity contribution in [3.63, 3.8) is 0 Å². The van der Waals surface area contributed by atoms with Crippen LogP contribution < -0.4 is 24.8 Å². The van der Waals surface area contributed by atoms with Crippen LogP contribution in [0, 0.1) is 0 Å². The Hall–Kier alpha value is 0.884. The van der Waals surface area contributed by atoms with Gasteiger partial charge in [0, 0.05) is 13.2 Å². The van der Waals surface area contributed by atoms with Crippen LogP contribution >= 0.6 is 0 Å². The molecular weight excluding hydrogens is 266 g/mol. The number of rotatable bonds is 4. The van der Waals surface area contributed by atoms with Gasteiger partial charge in [0.2, 0.25) is 0 Å². The Labute approximate surface area is 109 Å². The van der Waals surface area contributed by atoms with Gasteiger partial charge in [-0.3, -0.25) is 0 Å². The van der Waals surface area contributed by atoms with Gasteiger partial charge in [-0.1, -0.05) is 26.7 Å². The van der Waals surface area contributed by atoms with E-state index < -0.39 is 0 Å². The molecule has 0 rings (SSSR count). The quantitative estimate of drug-likeness (QED) is 0.547. The molecule has 14 heavy (non-hydrogen) atoms. The molecule has 0 spiro atoms. The van der Waals surface area contributed by atoms with Crippen LogP contribution in [0.15, 0.2) is 0 Å². The summed E-state index contributed by atoms with van der Waals surface area (Å²) >= 11 is 1.06. The summed E-state index contributed by atoms with van der Waals surface area (Å²) in [6.07, 6.45) is 4.08. The van der Waals surface area contributed by atoms with E-state index in [1.54, 1.807) is 0 Å². The molecule has 0 saturated carbocycles. The van der Waals surface area contributed by atoms with E-state index in [2.05, 4.69) is 13.8 Å². The molecule has 0 aromatic rings. The summed E-state index contributed by atoms with van der Waals surface area (Å²) < 4.78 is 8.19. The summed E-state index contributed by atoms with van der Waals surface area (Å²) in [6.45, 7) is 4.79. The first-order chi connectivity index (χ1) is 5.83. The van der Waals surface area contributed by atoms with E-state index in [9.17, 15) is 0 Å². The van der Waals surface area contributed by atoms with Crippen LogP contribution in [0.3, 0.4) is 0 Å². The Morgan fingerprint density at radius 3 is 1.07 bits per heavy atom.